The highest BCUT2D eigenvalue weighted by atomic mass is 32.2. The fraction of sp³-hybridized carbons (Fsp3) is 0.438. The summed E-state index contributed by atoms with van der Waals surface area (Å²) in [7, 11) is 0. The van der Waals surface area contributed by atoms with Gasteiger partial charge in [-0.3, -0.25) is 4.79 Å². The minimum Gasteiger partial charge on any atom is -0.351 e. The predicted molar refractivity (Wildman–Crippen MR) is 84.8 cm³/mol. The van der Waals surface area contributed by atoms with Gasteiger partial charge in [-0.05, 0) is 49.8 Å². The van der Waals surface area contributed by atoms with Crippen LogP contribution in [0.4, 0.5) is 0 Å². The van der Waals surface area contributed by atoms with Crippen LogP contribution in [0, 0.1) is 11.8 Å². The van der Waals surface area contributed by atoms with E-state index in [1.807, 2.05) is 23.9 Å². The second-order valence-electron chi connectivity index (χ2n) is 5.17. The molecule has 1 aromatic carbocycles. The van der Waals surface area contributed by atoms with E-state index in [-0.39, 0.29) is 10.7 Å². The molecule has 1 unspecified atom stereocenters. The van der Waals surface area contributed by atoms with E-state index in [4.69, 9.17) is 5.73 Å². The first-order chi connectivity index (χ1) is 9.63. The lowest BCUT2D eigenvalue weighted by atomic mass is 10.1. The van der Waals surface area contributed by atoms with Crippen molar-refractivity contribution in [2.75, 3.05) is 18.8 Å². The quantitative estimate of drug-likeness (QED) is 0.837. The molecule has 2 rings (SSSR count). The van der Waals surface area contributed by atoms with Crippen LogP contribution in [0.1, 0.15) is 35.7 Å². The van der Waals surface area contributed by atoms with Crippen LogP contribution in [0.3, 0.4) is 0 Å². The number of rotatable bonds is 3. The molecule has 0 radical (unpaired) electrons. The normalized spacial score (nSPS) is 21.1. The summed E-state index contributed by atoms with van der Waals surface area (Å²) in [4.78, 5) is 12.1. The van der Waals surface area contributed by atoms with E-state index >= 15 is 0 Å². The molecule has 0 bridgehead atoms. The van der Waals surface area contributed by atoms with E-state index in [0.29, 0.717) is 12.1 Å². The number of thioether (sulfide) groups is 1. The lowest BCUT2D eigenvalue weighted by molar-refractivity contribution is 0.0950. The van der Waals surface area contributed by atoms with Crippen LogP contribution >= 0.6 is 11.8 Å². The second-order valence-corrected chi connectivity index (χ2v) is 6.85. The molecule has 0 aliphatic carbocycles. The maximum Gasteiger partial charge on any atom is 0.251 e. The SMILES string of the molecule is CC1(CNC(=O)c2ccc(C#CCN)cc2)CCCS1. The molecule has 1 amide bonds. The van der Waals surface area contributed by atoms with Gasteiger partial charge in [0, 0.05) is 22.4 Å². The summed E-state index contributed by atoms with van der Waals surface area (Å²) in [5.74, 6) is 6.92. The van der Waals surface area contributed by atoms with E-state index in [0.717, 1.165) is 12.1 Å². The third kappa shape index (κ3) is 4.03. The monoisotopic (exact) mass is 288 g/mol. The van der Waals surface area contributed by atoms with Gasteiger partial charge in [0.25, 0.3) is 5.91 Å². The van der Waals surface area contributed by atoms with Gasteiger partial charge in [0.05, 0.1) is 6.54 Å². The molecule has 4 heteroatoms. The zero-order valence-corrected chi connectivity index (χ0v) is 12.6. The summed E-state index contributed by atoms with van der Waals surface area (Å²) >= 11 is 1.95. The van der Waals surface area contributed by atoms with Crippen molar-refractivity contribution in [2.24, 2.45) is 5.73 Å². The third-order valence-electron chi connectivity index (χ3n) is 3.41. The van der Waals surface area contributed by atoms with Crippen LogP contribution < -0.4 is 11.1 Å². The van der Waals surface area contributed by atoms with Crippen molar-refractivity contribution >= 4 is 17.7 Å². The van der Waals surface area contributed by atoms with Gasteiger partial charge in [0.1, 0.15) is 0 Å². The maximum absolute atomic E-state index is 12.1. The Morgan fingerprint density at radius 1 is 1.45 bits per heavy atom. The topological polar surface area (TPSA) is 55.1 Å². The van der Waals surface area contributed by atoms with Gasteiger partial charge in [-0.15, -0.1) is 0 Å². The molecule has 0 saturated carbocycles. The first kappa shape index (κ1) is 15.0. The van der Waals surface area contributed by atoms with Crippen molar-refractivity contribution in [1.82, 2.24) is 5.32 Å². The second kappa shape index (κ2) is 6.83. The molecular weight excluding hydrogens is 268 g/mol. The van der Waals surface area contributed by atoms with Crippen LogP contribution in [0.25, 0.3) is 0 Å². The number of nitrogens with two attached hydrogens (primary N) is 1. The third-order valence-corrected chi connectivity index (χ3v) is 4.94. The standard InChI is InChI=1S/C16H20N2OS/c1-16(9-3-11-20-16)12-18-15(19)14-7-5-13(6-8-14)4-2-10-17/h5-8H,3,9-12,17H2,1H3,(H,18,19). The molecule has 1 aromatic rings. The molecule has 1 aliphatic heterocycles. The van der Waals surface area contributed by atoms with E-state index in [9.17, 15) is 4.79 Å². The summed E-state index contributed by atoms with van der Waals surface area (Å²) < 4.78 is 0.197. The smallest absolute Gasteiger partial charge is 0.251 e. The average Bonchev–Trinajstić information content (AvgIpc) is 2.90. The van der Waals surface area contributed by atoms with Crippen molar-refractivity contribution in [3.05, 3.63) is 35.4 Å². The molecule has 1 fully saturated rings. The Labute approximate surface area is 124 Å². The molecule has 3 nitrogen and oxygen atoms in total. The van der Waals surface area contributed by atoms with Gasteiger partial charge in [-0.25, -0.2) is 0 Å². The maximum atomic E-state index is 12.1. The largest absolute Gasteiger partial charge is 0.351 e. The van der Waals surface area contributed by atoms with E-state index < -0.39 is 0 Å². The van der Waals surface area contributed by atoms with Crippen molar-refractivity contribution in [3.63, 3.8) is 0 Å². The summed E-state index contributed by atoms with van der Waals surface area (Å²) in [6.45, 7) is 3.29. The Balaban J connectivity index is 1.92. The minimum absolute atomic E-state index is 0.0166. The molecule has 0 aromatic heterocycles. The molecule has 3 N–H and O–H groups in total. The lowest BCUT2D eigenvalue weighted by Crippen LogP contribution is -2.36. The van der Waals surface area contributed by atoms with Crippen molar-refractivity contribution in [3.8, 4) is 11.8 Å². The van der Waals surface area contributed by atoms with Gasteiger partial charge in [0.2, 0.25) is 0 Å². The molecule has 1 saturated heterocycles. The van der Waals surface area contributed by atoms with Crippen LogP contribution in [0.5, 0.6) is 0 Å². The van der Waals surface area contributed by atoms with Gasteiger partial charge >= 0.3 is 0 Å². The Kier molecular flexibility index (Phi) is 5.11. The van der Waals surface area contributed by atoms with Crippen molar-refractivity contribution < 1.29 is 4.79 Å². The van der Waals surface area contributed by atoms with E-state index in [2.05, 4.69) is 24.1 Å². The minimum atomic E-state index is -0.0166. The number of carbonyl (C=O) groups is 1. The predicted octanol–water partition coefficient (Wildman–Crippen LogP) is 2.01. The van der Waals surface area contributed by atoms with Gasteiger partial charge in [0.15, 0.2) is 0 Å². The average molecular weight is 288 g/mol. The molecule has 1 atom stereocenters. The Morgan fingerprint density at radius 3 is 2.80 bits per heavy atom. The first-order valence-corrected chi connectivity index (χ1v) is 7.83. The first-order valence-electron chi connectivity index (χ1n) is 6.84. The van der Waals surface area contributed by atoms with Crippen LogP contribution in [0.2, 0.25) is 0 Å². The van der Waals surface area contributed by atoms with Gasteiger partial charge < -0.3 is 11.1 Å². The molecule has 1 heterocycles. The fourth-order valence-corrected chi connectivity index (χ4v) is 3.45. The Morgan fingerprint density at radius 2 is 2.20 bits per heavy atom. The van der Waals surface area contributed by atoms with Gasteiger partial charge in [-0.2, -0.15) is 11.8 Å². The molecule has 1 aliphatic rings. The zero-order valence-electron chi connectivity index (χ0n) is 11.7. The van der Waals surface area contributed by atoms with Gasteiger partial charge in [-0.1, -0.05) is 11.8 Å². The van der Waals surface area contributed by atoms with Crippen molar-refractivity contribution in [2.45, 2.75) is 24.5 Å². The number of amides is 1. The molecule has 20 heavy (non-hydrogen) atoms. The van der Waals surface area contributed by atoms with Crippen LogP contribution in [-0.4, -0.2) is 29.5 Å². The Hall–Kier alpha value is -1.44. The highest BCUT2D eigenvalue weighted by Crippen LogP contribution is 2.36. The Bertz CT molecular complexity index is 522. The summed E-state index contributed by atoms with van der Waals surface area (Å²) in [6.07, 6.45) is 2.41. The molecule has 0 spiro atoms. The number of benzene rings is 1. The van der Waals surface area contributed by atoms with Crippen LogP contribution in [0.15, 0.2) is 24.3 Å². The summed E-state index contributed by atoms with van der Waals surface area (Å²) in [5, 5.41) is 3.03. The van der Waals surface area contributed by atoms with E-state index in [1.165, 1.54) is 18.6 Å². The van der Waals surface area contributed by atoms with Crippen molar-refractivity contribution in [1.29, 1.82) is 0 Å². The zero-order chi connectivity index (χ0) is 14.4. The highest BCUT2D eigenvalue weighted by Gasteiger charge is 2.29. The van der Waals surface area contributed by atoms with Crippen LogP contribution in [-0.2, 0) is 0 Å². The fourth-order valence-electron chi connectivity index (χ4n) is 2.20. The number of hydrogen-bond donors (Lipinski definition) is 2. The number of hydrogen-bond acceptors (Lipinski definition) is 3. The molecular formula is C16H20N2OS. The van der Waals surface area contributed by atoms with E-state index in [1.54, 1.807) is 12.1 Å². The molecule has 106 valence electrons. The number of nitrogens with one attached hydrogen (secondary N) is 1. The highest BCUT2D eigenvalue weighted by molar-refractivity contribution is 8.00. The summed E-state index contributed by atoms with van der Waals surface area (Å²) in [6, 6.07) is 7.31. The number of carbonyl (C=O) groups excluding carboxylic acids is 1. The summed E-state index contributed by atoms with van der Waals surface area (Å²) in [5.41, 5.74) is 6.88. The lowest BCUT2D eigenvalue weighted by Gasteiger charge is -2.22.